The third-order valence-electron chi connectivity index (χ3n) is 6.48. The molecule has 0 radical (unpaired) electrons. The van der Waals surface area contributed by atoms with Gasteiger partial charge in [-0.3, -0.25) is 14.4 Å². The Morgan fingerprint density at radius 2 is 1.66 bits per heavy atom. The molecule has 5 amide bonds. The van der Waals surface area contributed by atoms with Crippen molar-refractivity contribution in [1.82, 2.24) is 4.90 Å². The Hall–Kier alpha value is -5.41. The van der Waals surface area contributed by atoms with Crippen LogP contribution in [0.4, 0.5) is 34.1 Å². The van der Waals surface area contributed by atoms with E-state index in [4.69, 9.17) is 19.9 Å². The SMILES string of the molecule is CC(C)(C)OC(=O)N(Cc1cc(NC(=O)[C@H](O)[C@H]2OCCN(c3ccc(OC(F)(F)F)cc3C(N)=O)C2=O)ccc1C#N)C(=O)OC(C)(C)C. The summed E-state index contributed by atoms with van der Waals surface area (Å²) in [4.78, 5) is 66.1. The van der Waals surface area contributed by atoms with Gasteiger partial charge in [-0.1, -0.05) is 0 Å². The highest BCUT2D eigenvalue weighted by Gasteiger charge is 2.41. The van der Waals surface area contributed by atoms with Crippen molar-refractivity contribution in [2.45, 2.75) is 77.9 Å². The molecule has 1 saturated heterocycles. The fourth-order valence-corrected chi connectivity index (χ4v) is 4.49. The number of benzene rings is 2. The van der Waals surface area contributed by atoms with E-state index in [2.05, 4.69) is 10.1 Å². The van der Waals surface area contributed by atoms with Gasteiger partial charge in [0, 0.05) is 12.2 Å². The number of primary amides is 1. The zero-order valence-corrected chi connectivity index (χ0v) is 27.9. The number of halogens is 3. The number of nitrogens with one attached hydrogen (secondary N) is 1. The van der Waals surface area contributed by atoms with Gasteiger partial charge < -0.3 is 40.0 Å². The standard InChI is InChI=1S/C32H36F3N5O10/c1-30(2,3)49-28(45)40(29(46)50-31(4,5)6)16-18-13-19(8-7-17(18)15-36)38-26(43)23(41)24-27(44)39(11-12-47-24)22-10-9-20(48-32(33,34)35)14-21(22)25(37)42/h7-10,13-14,23-24,41H,11-12,16H2,1-6H3,(H2,37,42)(H,38,43)/t23-,24-/m1/s1. The van der Waals surface area contributed by atoms with Gasteiger partial charge in [0.2, 0.25) is 0 Å². The van der Waals surface area contributed by atoms with Gasteiger partial charge in [-0.05, 0) is 83.5 Å². The highest BCUT2D eigenvalue weighted by molar-refractivity contribution is 6.08. The van der Waals surface area contributed by atoms with Crippen LogP contribution >= 0.6 is 0 Å². The van der Waals surface area contributed by atoms with Crippen LogP contribution in [0, 0.1) is 11.3 Å². The molecule has 2 aromatic rings. The Bertz CT molecular complexity index is 1670. The monoisotopic (exact) mass is 707 g/mol. The van der Waals surface area contributed by atoms with Crippen molar-refractivity contribution in [3.8, 4) is 11.8 Å². The van der Waals surface area contributed by atoms with E-state index < -0.39 is 77.5 Å². The van der Waals surface area contributed by atoms with E-state index in [9.17, 15) is 47.5 Å². The van der Waals surface area contributed by atoms with Gasteiger partial charge in [0.1, 0.15) is 17.0 Å². The minimum Gasteiger partial charge on any atom is -0.443 e. The predicted molar refractivity (Wildman–Crippen MR) is 168 cm³/mol. The maximum Gasteiger partial charge on any atom is 0.573 e. The molecule has 0 saturated carbocycles. The maximum absolute atomic E-state index is 13.4. The molecule has 0 aliphatic carbocycles. The number of carbonyl (C=O) groups is 5. The van der Waals surface area contributed by atoms with E-state index in [-0.39, 0.29) is 35.7 Å². The van der Waals surface area contributed by atoms with Gasteiger partial charge in [-0.2, -0.15) is 5.26 Å². The number of aliphatic hydroxyl groups excluding tert-OH is 1. The first kappa shape index (κ1) is 39.0. The number of morpholine rings is 1. The first-order chi connectivity index (χ1) is 23.0. The topological polar surface area (TPSA) is 211 Å². The van der Waals surface area contributed by atoms with E-state index in [0.29, 0.717) is 11.0 Å². The zero-order valence-electron chi connectivity index (χ0n) is 27.9. The number of nitriles is 1. The van der Waals surface area contributed by atoms with Gasteiger partial charge in [-0.15, -0.1) is 13.2 Å². The number of anilines is 2. The van der Waals surface area contributed by atoms with Gasteiger partial charge in [0.05, 0.1) is 36.0 Å². The van der Waals surface area contributed by atoms with Crippen LogP contribution in [0.15, 0.2) is 36.4 Å². The fourth-order valence-electron chi connectivity index (χ4n) is 4.49. The highest BCUT2D eigenvalue weighted by Crippen LogP contribution is 2.31. The summed E-state index contributed by atoms with van der Waals surface area (Å²) in [6, 6.07) is 8.28. The molecular weight excluding hydrogens is 671 g/mol. The molecule has 0 aromatic heterocycles. The van der Waals surface area contributed by atoms with Crippen LogP contribution in [-0.2, 0) is 30.3 Å². The number of nitrogens with two attached hydrogens (primary N) is 1. The number of aliphatic hydroxyl groups is 1. The number of hydrogen-bond acceptors (Lipinski definition) is 11. The molecule has 15 nitrogen and oxygen atoms in total. The summed E-state index contributed by atoms with van der Waals surface area (Å²) in [5.41, 5.74) is 2.70. The van der Waals surface area contributed by atoms with Crippen molar-refractivity contribution < 1.29 is 61.2 Å². The number of imide groups is 1. The van der Waals surface area contributed by atoms with E-state index in [1.165, 1.54) is 18.2 Å². The van der Waals surface area contributed by atoms with E-state index >= 15 is 0 Å². The van der Waals surface area contributed by atoms with Crippen LogP contribution in [-0.4, -0.2) is 82.8 Å². The lowest BCUT2D eigenvalue weighted by Gasteiger charge is -2.34. The van der Waals surface area contributed by atoms with Gasteiger partial charge in [0.25, 0.3) is 17.7 Å². The third-order valence-corrected chi connectivity index (χ3v) is 6.48. The fraction of sp³-hybridized carbons (Fsp3) is 0.438. The van der Waals surface area contributed by atoms with Crippen LogP contribution in [0.2, 0.25) is 0 Å². The predicted octanol–water partition coefficient (Wildman–Crippen LogP) is 3.96. The first-order valence-electron chi connectivity index (χ1n) is 14.9. The van der Waals surface area contributed by atoms with E-state index in [1.54, 1.807) is 41.5 Å². The summed E-state index contributed by atoms with van der Waals surface area (Å²) in [6.07, 6.45) is -11.2. The molecule has 270 valence electrons. The smallest absolute Gasteiger partial charge is 0.443 e. The van der Waals surface area contributed by atoms with E-state index in [1.807, 2.05) is 6.07 Å². The summed E-state index contributed by atoms with van der Waals surface area (Å²) in [5.74, 6) is -4.12. The third kappa shape index (κ3) is 10.5. The average Bonchev–Trinajstić information content (AvgIpc) is 2.97. The van der Waals surface area contributed by atoms with Crippen LogP contribution in [0.1, 0.15) is 63.0 Å². The molecule has 1 aliphatic rings. The zero-order chi connectivity index (χ0) is 37.8. The van der Waals surface area contributed by atoms with Crippen LogP contribution in [0.25, 0.3) is 0 Å². The van der Waals surface area contributed by atoms with Crippen molar-refractivity contribution in [2.75, 3.05) is 23.4 Å². The second kappa shape index (κ2) is 15.0. The van der Waals surface area contributed by atoms with Crippen molar-refractivity contribution in [2.24, 2.45) is 5.73 Å². The lowest BCUT2D eigenvalue weighted by Crippen LogP contribution is -2.55. The van der Waals surface area contributed by atoms with E-state index in [0.717, 1.165) is 17.0 Å². The van der Waals surface area contributed by atoms with Gasteiger partial charge >= 0.3 is 18.5 Å². The lowest BCUT2D eigenvalue weighted by molar-refractivity contribution is -0.274. The Labute approximate surface area is 284 Å². The summed E-state index contributed by atoms with van der Waals surface area (Å²) >= 11 is 0. The van der Waals surface area contributed by atoms with Crippen LogP contribution < -0.4 is 20.7 Å². The highest BCUT2D eigenvalue weighted by atomic mass is 19.4. The first-order valence-corrected chi connectivity index (χ1v) is 14.9. The molecule has 2 aromatic carbocycles. The lowest BCUT2D eigenvalue weighted by atomic mass is 10.1. The average molecular weight is 708 g/mol. The molecule has 4 N–H and O–H groups in total. The number of hydrogen-bond donors (Lipinski definition) is 3. The largest absolute Gasteiger partial charge is 0.573 e. The van der Waals surface area contributed by atoms with Crippen LogP contribution in [0.3, 0.4) is 0 Å². The molecule has 1 heterocycles. The number of amides is 5. The molecule has 1 fully saturated rings. The Morgan fingerprint density at radius 3 is 2.18 bits per heavy atom. The molecule has 18 heteroatoms. The van der Waals surface area contributed by atoms with Crippen molar-refractivity contribution in [3.05, 3.63) is 53.1 Å². The second-order valence-electron chi connectivity index (χ2n) is 12.8. The molecule has 1 aliphatic heterocycles. The maximum atomic E-state index is 13.4. The molecule has 3 rings (SSSR count). The van der Waals surface area contributed by atoms with Gasteiger partial charge in [-0.25, -0.2) is 14.5 Å². The summed E-state index contributed by atoms with van der Waals surface area (Å²) in [6.45, 7) is 8.51. The molecule has 2 atom stereocenters. The summed E-state index contributed by atoms with van der Waals surface area (Å²) in [7, 11) is 0. The minimum absolute atomic E-state index is 0.0130. The number of rotatable bonds is 8. The number of carbonyl (C=O) groups excluding carboxylic acids is 5. The Kier molecular flexibility index (Phi) is 11.7. The second-order valence-corrected chi connectivity index (χ2v) is 12.8. The van der Waals surface area contributed by atoms with Crippen molar-refractivity contribution >= 4 is 41.3 Å². The number of ether oxygens (including phenoxy) is 4. The quantitative estimate of drug-likeness (QED) is 0.357. The minimum atomic E-state index is -5.07. The number of alkyl halides is 3. The summed E-state index contributed by atoms with van der Waals surface area (Å²) in [5, 5.41) is 22.9. The number of nitrogens with zero attached hydrogens (tertiary/aromatic N) is 3. The van der Waals surface area contributed by atoms with Crippen molar-refractivity contribution in [1.29, 1.82) is 5.26 Å². The Morgan fingerprint density at radius 1 is 1.06 bits per heavy atom. The van der Waals surface area contributed by atoms with Crippen molar-refractivity contribution in [3.63, 3.8) is 0 Å². The molecular formula is C32H36F3N5O10. The molecule has 0 unspecified atom stereocenters. The molecule has 0 spiro atoms. The van der Waals surface area contributed by atoms with Crippen LogP contribution in [0.5, 0.6) is 5.75 Å². The normalized spacial score (nSPS) is 15.7. The molecule has 50 heavy (non-hydrogen) atoms. The summed E-state index contributed by atoms with van der Waals surface area (Å²) < 4.78 is 58.0. The molecule has 0 bridgehead atoms. The Balaban J connectivity index is 1.85. The van der Waals surface area contributed by atoms with Gasteiger partial charge in [0.15, 0.2) is 12.2 Å².